The fourth-order valence-electron chi connectivity index (χ4n) is 4.65. The summed E-state index contributed by atoms with van der Waals surface area (Å²) in [6, 6.07) is 3.90. The predicted octanol–water partition coefficient (Wildman–Crippen LogP) is 1.40. The van der Waals surface area contributed by atoms with Crippen molar-refractivity contribution in [2.24, 2.45) is 17.8 Å². The van der Waals surface area contributed by atoms with Crippen LogP contribution in [-0.2, 0) is 17.9 Å². The molecular weight excluding hydrogens is 406 g/mol. The summed E-state index contributed by atoms with van der Waals surface area (Å²) in [6.07, 6.45) is 7.89. The van der Waals surface area contributed by atoms with Crippen LogP contribution in [0.3, 0.4) is 0 Å². The number of nitrogens with one attached hydrogen (secondary N) is 4. The molecule has 2 fully saturated rings. The molecule has 9 heteroatoms. The standard InChI is InChI=1S/C23H29N7O2/c1-14-7-28-22(29-9-17-8-24-11-19(17)15-2-3-15)23(32)30(14)13-21(31)27-10-18-6-16-4-5-25-20(16)12-26-18/h4-7,12,15,17,19,24-25H,2-3,8-11,13H2,1H3,(H,27,31)(H,28,29)/t17-,19+/m1/s1. The van der Waals surface area contributed by atoms with Crippen LogP contribution in [0.4, 0.5) is 5.82 Å². The van der Waals surface area contributed by atoms with Gasteiger partial charge in [-0.15, -0.1) is 0 Å². The molecule has 4 heterocycles. The number of amides is 1. The van der Waals surface area contributed by atoms with Crippen molar-refractivity contribution in [3.63, 3.8) is 0 Å². The summed E-state index contributed by atoms with van der Waals surface area (Å²) >= 11 is 0. The van der Waals surface area contributed by atoms with Crippen LogP contribution in [0.25, 0.3) is 10.9 Å². The second kappa shape index (κ2) is 8.74. The van der Waals surface area contributed by atoms with E-state index in [1.54, 1.807) is 19.3 Å². The maximum absolute atomic E-state index is 13.0. The van der Waals surface area contributed by atoms with E-state index < -0.39 is 0 Å². The van der Waals surface area contributed by atoms with Gasteiger partial charge in [0.05, 0.1) is 24.0 Å². The molecule has 9 nitrogen and oxygen atoms in total. The summed E-state index contributed by atoms with van der Waals surface area (Å²) < 4.78 is 1.47. The lowest BCUT2D eigenvalue weighted by Crippen LogP contribution is -2.35. The lowest BCUT2D eigenvalue weighted by molar-refractivity contribution is -0.121. The molecule has 1 aliphatic heterocycles. The molecule has 168 valence electrons. The molecule has 0 unspecified atom stereocenters. The predicted molar refractivity (Wildman–Crippen MR) is 122 cm³/mol. The maximum atomic E-state index is 13.0. The first-order valence-corrected chi connectivity index (χ1v) is 11.3. The van der Waals surface area contributed by atoms with Gasteiger partial charge in [-0.1, -0.05) is 0 Å². The number of hydrogen-bond donors (Lipinski definition) is 4. The highest BCUT2D eigenvalue weighted by atomic mass is 16.2. The Morgan fingerprint density at radius 3 is 2.97 bits per heavy atom. The molecule has 5 rings (SSSR count). The van der Waals surface area contributed by atoms with E-state index in [2.05, 4.69) is 30.9 Å². The molecule has 3 aromatic rings. The third-order valence-corrected chi connectivity index (χ3v) is 6.67. The van der Waals surface area contributed by atoms with Crippen LogP contribution in [0.2, 0.25) is 0 Å². The van der Waals surface area contributed by atoms with Gasteiger partial charge in [0.15, 0.2) is 5.82 Å². The smallest absolute Gasteiger partial charge is 0.293 e. The minimum absolute atomic E-state index is 0.0516. The van der Waals surface area contributed by atoms with Crippen molar-refractivity contribution in [2.75, 3.05) is 25.0 Å². The van der Waals surface area contributed by atoms with Gasteiger partial charge in [-0.05, 0) is 62.7 Å². The average molecular weight is 436 g/mol. The average Bonchev–Trinajstić information content (AvgIpc) is 3.34. The Kier molecular flexibility index (Phi) is 5.65. The molecule has 0 aromatic carbocycles. The van der Waals surface area contributed by atoms with Crippen LogP contribution in [0.5, 0.6) is 0 Å². The molecule has 2 atom stereocenters. The number of aromatic amines is 1. The van der Waals surface area contributed by atoms with Crippen molar-refractivity contribution in [1.82, 2.24) is 30.2 Å². The van der Waals surface area contributed by atoms with Crippen LogP contribution >= 0.6 is 0 Å². The van der Waals surface area contributed by atoms with Gasteiger partial charge in [-0.25, -0.2) is 4.98 Å². The summed E-state index contributed by atoms with van der Waals surface area (Å²) in [6.45, 7) is 4.80. The molecule has 1 aliphatic carbocycles. The fourth-order valence-corrected chi connectivity index (χ4v) is 4.65. The van der Waals surface area contributed by atoms with E-state index in [9.17, 15) is 9.59 Å². The van der Waals surface area contributed by atoms with E-state index in [4.69, 9.17) is 0 Å². The quantitative estimate of drug-likeness (QED) is 0.425. The van der Waals surface area contributed by atoms with Gasteiger partial charge in [-0.2, -0.15) is 0 Å². The Labute approximate surface area is 186 Å². The highest BCUT2D eigenvalue weighted by Crippen LogP contribution is 2.41. The van der Waals surface area contributed by atoms with Gasteiger partial charge in [0.25, 0.3) is 5.56 Å². The van der Waals surface area contributed by atoms with Crippen LogP contribution in [-0.4, -0.2) is 45.1 Å². The van der Waals surface area contributed by atoms with Gasteiger partial charge >= 0.3 is 0 Å². The number of carbonyl (C=O) groups is 1. The molecule has 3 aromatic heterocycles. The van der Waals surface area contributed by atoms with E-state index in [1.807, 2.05) is 18.3 Å². The van der Waals surface area contributed by atoms with Crippen molar-refractivity contribution in [3.05, 3.63) is 52.5 Å². The van der Waals surface area contributed by atoms with Gasteiger partial charge in [0.1, 0.15) is 6.54 Å². The van der Waals surface area contributed by atoms with Crippen molar-refractivity contribution < 1.29 is 4.79 Å². The second-order valence-electron chi connectivity index (χ2n) is 8.96. The zero-order valence-corrected chi connectivity index (χ0v) is 18.2. The van der Waals surface area contributed by atoms with Crippen LogP contribution in [0.1, 0.15) is 24.2 Å². The van der Waals surface area contributed by atoms with E-state index in [0.717, 1.165) is 42.1 Å². The van der Waals surface area contributed by atoms with Gasteiger partial charge in [0, 0.05) is 30.0 Å². The normalized spacial score (nSPS) is 20.5. The monoisotopic (exact) mass is 435 g/mol. The first-order valence-electron chi connectivity index (χ1n) is 11.3. The van der Waals surface area contributed by atoms with Crippen LogP contribution in [0.15, 0.2) is 35.5 Å². The molecule has 1 amide bonds. The molecule has 32 heavy (non-hydrogen) atoms. The Hall–Kier alpha value is -3.20. The number of anilines is 1. The molecule has 1 saturated carbocycles. The Balaban J connectivity index is 1.21. The van der Waals surface area contributed by atoms with Crippen molar-refractivity contribution >= 4 is 22.6 Å². The number of H-pyrrole nitrogens is 1. The maximum Gasteiger partial charge on any atom is 0.293 e. The molecule has 0 bridgehead atoms. The van der Waals surface area contributed by atoms with Crippen molar-refractivity contribution in [3.8, 4) is 0 Å². The minimum Gasteiger partial charge on any atom is -0.365 e. The highest BCUT2D eigenvalue weighted by molar-refractivity contribution is 5.79. The minimum atomic E-state index is -0.263. The van der Waals surface area contributed by atoms with E-state index in [0.29, 0.717) is 29.9 Å². The number of rotatable bonds is 8. The zero-order chi connectivity index (χ0) is 22.1. The van der Waals surface area contributed by atoms with Crippen LogP contribution in [0, 0.1) is 24.7 Å². The molecule has 0 spiro atoms. The van der Waals surface area contributed by atoms with E-state index in [1.165, 1.54) is 17.4 Å². The highest BCUT2D eigenvalue weighted by Gasteiger charge is 2.39. The number of pyridine rings is 1. The van der Waals surface area contributed by atoms with E-state index >= 15 is 0 Å². The Bertz CT molecular complexity index is 1180. The zero-order valence-electron chi connectivity index (χ0n) is 18.2. The first-order chi connectivity index (χ1) is 15.6. The molecule has 4 N–H and O–H groups in total. The summed E-state index contributed by atoms with van der Waals surface area (Å²) in [5.41, 5.74) is 2.11. The number of fused-ring (bicyclic) bond motifs is 1. The third kappa shape index (κ3) is 4.38. The molecular formula is C23H29N7O2. The largest absolute Gasteiger partial charge is 0.365 e. The number of hydrogen-bond acceptors (Lipinski definition) is 6. The summed E-state index contributed by atoms with van der Waals surface area (Å²) in [4.78, 5) is 37.3. The summed E-state index contributed by atoms with van der Waals surface area (Å²) in [7, 11) is 0. The van der Waals surface area contributed by atoms with Crippen LogP contribution < -0.4 is 21.5 Å². The van der Waals surface area contributed by atoms with Gasteiger partial charge in [-0.3, -0.25) is 19.1 Å². The number of aromatic nitrogens is 4. The molecule has 2 aliphatic rings. The second-order valence-corrected chi connectivity index (χ2v) is 8.96. The Morgan fingerprint density at radius 1 is 1.25 bits per heavy atom. The summed E-state index contributed by atoms with van der Waals surface area (Å²) in [5.74, 6) is 2.09. The number of aryl methyl sites for hydroxylation is 1. The number of carbonyl (C=O) groups excluding carboxylic acids is 1. The third-order valence-electron chi connectivity index (χ3n) is 6.67. The van der Waals surface area contributed by atoms with Crippen molar-refractivity contribution in [1.29, 1.82) is 0 Å². The topological polar surface area (TPSA) is 117 Å². The lowest BCUT2D eigenvalue weighted by Gasteiger charge is -2.19. The first kappa shape index (κ1) is 20.7. The Morgan fingerprint density at radius 2 is 2.12 bits per heavy atom. The SMILES string of the molecule is Cc1cnc(NC[C@H]2CNC[C@H]2C2CC2)c(=O)n1CC(=O)NCc1cc2cc[nH]c2cn1. The molecule has 0 radical (unpaired) electrons. The molecule has 1 saturated heterocycles. The van der Waals surface area contributed by atoms with Gasteiger partial charge < -0.3 is 20.9 Å². The lowest BCUT2D eigenvalue weighted by atomic mass is 9.91. The number of nitrogens with zero attached hydrogens (tertiary/aromatic N) is 3. The van der Waals surface area contributed by atoms with Crippen molar-refractivity contribution in [2.45, 2.75) is 32.9 Å². The van der Waals surface area contributed by atoms with E-state index in [-0.39, 0.29) is 18.0 Å². The fraction of sp³-hybridized carbons (Fsp3) is 0.478. The van der Waals surface area contributed by atoms with Gasteiger partial charge in [0.2, 0.25) is 5.91 Å². The summed E-state index contributed by atoms with van der Waals surface area (Å²) in [5, 5.41) is 10.6.